The van der Waals surface area contributed by atoms with E-state index in [1.807, 2.05) is 53.3 Å². The van der Waals surface area contributed by atoms with Crippen LogP contribution in [0.5, 0.6) is 0 Å². The van der Waals surface area contributed by atoms with Gasteiger partial charge < -0.3 is 4.90 Å². The fourth-order valence-corrected chi connectivity index (χ4v) is 3.53. The summed E-state index contributed by atoms with van der Waals surface area (Å²) in [5, 5.41) is 0. The average Bonchev–Trinajstić information content (AvgIpc) is 2.73. The first kappa shape index (κ1) is 16.4. The first-order valence-electron chi connectivity index (χ1n) is 8.74. The molecule has 1 heterocycles. The zero-order chi connectivity index (χ0) is 18.1. The van der Waals surface area contributed by atoms with Crippen molar-refractivity contribution in [3.8, 4) is 11.8 Å². The largest absolute Gasteiger partial charge is 0.324 e. The van der Waals surface area contributed by atoms with Crippen molar-refractivity contribution in [3.63, 3.8) is 0 Å². The van der Waals surface area contributed by atoms with Gasteiger partial charge in [-0.3, -0.25) is 4.90 Å². The lowest BCUT2D eigenvalue weighted by Gasteiger charge is -2.35. The number of hydrogen-bond acceptors (Lipinski definition) is 1. The second kappa shape index (κ2) is 6.68. The van der Waals surface area contributed by atoms with Gasteiger partial charge in [-0.05, 0) is 55.3 Å². The van der Waals surface area contributed by atoms with Crippen molar-refractivity contribution < 1.29 is 9.18 Å². The average molecular weight is 346 g/mol. The number of rotatable bonds is 1. The van der Waals surface area contributed by atoms with Crippen LogP contribution in [-0.4, -0.2) is 35.0 Å². The Morgan fingerprint density at radius 2 is 1.88 bits per heavy atom. The summed E-state index contributed by atoms with van der Waals surface area (Å²) in [6.07, 6.45) is 13.6. The summed E-state index contributed by atoms with van der Waals surface area (Å²) in [5.74, 6) is 5.75. The third-order valence-corrected chi connectivity index (χ3v) is 5.08. The van der Waals surface area contributed by atoms with E-state index < -0.39 is 0 Å². The number of halogens is 1. The molecule has 26 heavy (non-hydrogen) atoms. The maximum absolute atomic E-state index is 13.3. The number of amides is 2. The van der Waals surface area contributed by atoms with E-state index in [1.165, 1.54) is 12.1 Å². The normalized spacial score (nSPS) is 27.2. The highest BCUT2D eigenvalue weighted by Crippen LogP contribution is 2.39. The predicted octanol–water partition coefficient (Wildman–Crippen LogP) is 4.01. The monoisotopic (exact) mass is 346 g/mol. The molecule has 0 N–H and O–H groups in total. The highest BCUT2D eigenvalue weighted by Gasteiger charge is 2.50. The molecule has 2 fully saturated rings. The molecular formula is C22H19FN2O. The van der Waals surface area contributed by atoms with Crippen LogP contribution in [-0.2, 0) is 0 Å². The minimum Gasteiger partial charge on any atom is -0.322 e. The van der Waals surface area contributed by atoms with Gasteiger partial charge >= 0.3 is 6.03 Å². The summed E-state index contributed by atoms with van der Waals surface area (Å²) in [5.41, 5.74) is 2.32. The van der Waals surface area contributed by atoms with Crippen LogP contribution in [0.15, 0.2) is 72.0 Å². The molecular weight excluding hydrogens is 327 g/mol. The van der Waals surface area contributed by atoms with Gasteiger partial charge in [-0.1, -0.05) is 30.1 Å². The number of hydrogen-bond donors (Lipinski definition) is 0. The molecule has 2 aliphatic carbocycles. The van der Waals surface area contributed by atoms with Crippen LogP contribution >= 0.6 is 0 Å². The molecule has 1 saturated heterocycles. The first-order chi connectivity index (χ1) is 12.6. The van der Waals surface area contributed by atoms with Gasteiger partial charge in [0, 0.05) is 23.9 Å². The Morgan fingerprint density at radius 3 is 2.62 bits per heavy atom. The lowest BCUT2D eigenvalue weighted by atomic mass is 9.86. The number of likely N-dealkylation sites (N-methyl/N-ethyl adjacent to an activating group) is 1. The molecule has 0 bridgehead atoms. The molecule has 0 spiro atoms. The van der Waals surface area contributed by atoms with E-state index in [2.05, 4.69) is 11.8 Å². The number of carbonyl (C=O) groups excluding carboxylic acids is 1. The smallest absolute Gasteiger partial charge is 0.322 e. The molecule has 4 rings (SSSR count). The Kier molecular flexibility index (Phi) is 4.22. The molecule has 1 aromatic rings. The second-order valence-corrected chi connectivity index (χ2v) is 6.67. The van der Waals surface area contributed by atoms with E-state index in [4.69, 9.17) is 0 Å². The summed E-state index contributed by atoms with van der Waals surface area (Å²) in [7, 11) is 1.87. The molecule has 0 radical (unpaired) electrons. The fraction of sp³-hybridized carbons (Fsp3) is 0.227. The molecule has 130 valence electrons. The van der Waals surface area contributed by atoms with E-state index >= 15 is 0 Å². The zero-order valence-electron chi connectivity index (χ0n) is 14.5. The lowest BCUT2D eigenvalue weighted by molar-refractivity contribution is 0.189. The van der Waals surface area contributed by atoms with E-state index in [9.17, 15) is 9.18 Å². The zero-order valence-corrected chi connectivity index (χ0v) is 14.5. The van der Waals surface area contributed by atoms with Crippen molar-refractivity contribution in [2.45, 2.75) is 24.9 Å². The van der Waals surface area contributed by atoms with Gasteiger partial charge in [0.05, 0.1) is 12.1 Å². The molecule has 1 aromatic carbocycles. The molecule has 4 heteroatoms. The lowest BCUT2D eigenvalue weighted by Crippen LogP contribution is -2.44. The fourth-order valence-electron chi connectivity index (χ4n) is 3.53. The van der Waals surface area contributed by atoms with Gasteiger partial charge in [-0.25, -0.2) is 9.18 Å². The van der Waals surface area contributed by atoms with Gasteiger partial charge in [-0.2, -0.15) is 0 Å². The molecule has 0 unspecified atom stereocenters. The third kappa shape index (κ3) is 2.97. The number of fused-ring (bicyclic) bond motifs is 1. The summed E-state index contributed by atoms with van der Waals surface area (Å²) in [6, 6.07) is 6.89. The molecule has 2 atom stereocenters. The van der Waals surface area contributed by atoms with Gasteiger partial charge in [0.15, 0.2) is 0 Å². The maximum atomic E-state index is 13.3. The number of urea groups is 1. The molecule has 2 amide bonds. The number of allylic oxidation sites excluding steroid dienone is 7. The van der Waals surface area contributed by atoms with Crippen molar-refractivity contribution in [1.82, 2.24) is 9.80 Å². The predicted molar refractivity (Wildman–Crippen MR) is 99.5 cm³/mol. The Morgan fingerprint density at radius 1 is 1.08 bits per heavy atom. The van der Waals surface area contributed by atoms with Crippen molar-refractivity contribution >= 4 is 6.03 Å². The SMILES string of the molecule is CN1C(=O)N(C2=C/C=C(C#Cc3cccc(F)c3)\C=C\C=C2)[C@@H]2CC[C@@H]21. The van der Waals surface area contributed by atoms with Crippen LogP contribution in [0.3, 0.4) is 0 Å². The summed E-state index contributed by atoms with van der Waals surface area (Å²) in [6.45, 7) is 0. The van der Waals surface area contributed by atoms with Gasteiger partial charge in [0.1, 0.15) is 5.82 Å². The van der Waals surface area contributed by atoms with Crippen LogP contribution < -0.4 is 0 Å². The number of benzene rings is 1. The highest BCUT2D eigenvalue weighted by atomic mass is 19.1. The van der Waals surface area contributed by atoms with Crippen LogP contribution in [0.4, 0.5) is 9.18 Å². The van der Waals surface area contributed by atoms with E-state index in [-0.39, 0.29) is 17.9 Å². The topological polar surface area (TPSA) is 23.6 Å². The van der Waals surface area contributed by atoms with E-state index in [0.29, 0.717) is 11.6 Å². The summed E-state index contributed by atoms with van der Waals surface area (Å²) in [4.78, 5) is 16.3. The van der Waals surface area contributed by atoms with Crippen LogP contribution in [0.2, 0.25) is 0 Å². The van der Waals surface area contributed by atoms with Gasteiger partial charge in [0.25, 0.3) is 0 Å². The van der Waals surface area contributed by atoms with E-state index in [0.717, 1.165) is 24.1 Å². The van der Waals surface area contributed by atoms with Crippen molar-refractivity contribution in [3.05, 3.63) is 83.4 Å². The standard InChI is InChI=1S/C22H19FN2O/c1-24-20-13-14-21(20)25(22(24)26)19-8-3-2-5-16(11-12-19)9-10-17-6-4-7-18(23)15-17/h2-8,11-12,15,20-21H,13-14H2,1H3/b3-2?,5-2+,8-3?,12-11?,16-5?,16-11+,19-8?,19-12?/t20-,21+/m0/s1. The Balaban J connectivity index is 1.60. The maximum Gasteiger partial charge on any atom is 0.324 e. The minimum absolute atomic E-state index is 0.0544. The van der Waals surface area contributed by atoms with E-state index in [1.54, 1.807) is 12.1 Å². The Labute approximate surface area is 152 Å². The number of nitrogens with zero attached hydrogens (tertiary/aromatic N) is 2. The van der Waals surface area contributed by atoms with Crippen molar-refractivity contribution in [1.29, 1.82) is 0 Å². The van der Waals surface area contributed by atoms with Crippen LogP contribution in [0.1, 0.15) is 18.4 Å². The molecule has 1 aliphatic heterocycles. The van der Waals surface area contributed by atoms with Crippen molar-refractivity contribution in [2.24, 2.45) is 0 Å². The van der Waals surface area contributed by atoms with Crippen molar-refractivity contribution in [2.75, 3.05) is 7.05 Å². The molecule has 1 saturated carbocycles. The Hall–Kier alpha value is -3.06. The number of carbonyl (C=O) groups is 1. The molecule has 0 aromatic heterocycles. The van der Waals surface area contributed by atoms with Gasteiger partial charge in [-0.15, -0.1) is 0 Å². The molecule has 3 nitrogen and oxygen atoms in total. The van der Waals surface area contributed by atoms with Gasteiger partial charge in [0.2, 0.25) is 0 Å². The molecule has 3 aliphatic rings. The minimum atomic E-state index is -0.296. The quantitative estimate of drug-likeness (QED) is 0.705. The first-order valence-corrected chi connectivity index (χ1v) is 8.74. The highest BCUT2D eigenvalue weighted by molar-refractivity contribution is 5.81. The second-order valence-electron chi connectivity index (χ2n) is 6.67. The Bertz CT molecular complexity index is 929. The van der Waals surface area contributed by atoms with Crippen LogP contribution in [0, 0.1) is 17.7 Å². The van der Waals surface area contributed by atoms with Crippen LogP contribution in [0.25, 0.3) is 0 Å². The third-order valence-electron chi connectivity index (χ3n) is 5.08. The summed E-state index contributed by atoms with van der Waals surface area (Å²) >= 11 is 0. The summed E-state index contributed by atoms with van der Waals surface area (Å²) < 4.78 is 13.3.